The second-order valence-corrected chi connectivity index (χ2v) is 16.0. The Labute approximate surface area is 214 Å². The van der Waals surface area contributed by atoms with Crippen LogP contribution in [0.1, 0.15) is 50.0 Å². The standard InChI is InChI=1S/C28H37N3O4Si/c1-20(32)30-17-22(25-13-10-14-29-26(25)30)15-23-16-24(35-36(5,6)28(2,3)4)18-31(23)27(33)34-19-21-11-8-7-9-12-21/h7-14,17,23-24H,15-16,18-19H2,1-6H3/t23-,24-/m1/s1. The minimum Gasteiger partial charge on any atom is -0.445 e. The summed E-state index contributed by atoms with van der Waals surface area (Å²) < 4.78 is 14.0. The zero-order valence-corrected chi connectivity index (χ0v) is 23.2. The van der Waals surface area contributed by atoms with Gasteiger partial charge in [0.2, 0.25) is 5.91 Å². The van der Waals surface area contributed by atoms with Crippen molar-refractivity contribution < 1.29 is 18.8 Å². The highest BCUT2D eigenvalue weighted by Crippen LogP contribution is 2.39. The molecule has 1 amide bonds. The van der Waals surface area contributed by atoms with Crippen LogP contribution in [0.3, 0.4) is 0 Å². The number of benzene rings is 1. The van der Waals surface area contributed by atoms with E-state index in [1.807, 2.05) is 53.6 Å². The van der Waals surface area contributed by atoms with Gasteiger partial charge in [0.05, 0.1) is 6.10 Å². The summed E-state index contributed by atoms with van der Waals surface area (Å²) in [5, 5.41) is 1.00. The van der Waals surface area contributed by atoms with Crippen molar-refractivity contribution in [2.75, 3.05) is 6.54 Å². The molecule has 1 saturated heterocycles. The quantitative estimate of drug-likeness (QED) is 0.380. The van der Waals surface area contributed by atoms with Gasteiger partial charge in [0.1, 0.15) is 12.3 Å². The van der Waals surface area contributed by atoms with Crippen LogP contribution >= 0.6 is 0 Å². The van der Waals surface area contributed by atoms with Gasteiger partial charge in [0.15, 0.2) is 8.32 Å². The third-order valence-corrected chi connectivity index (χ3v) is 12.1. The number of amides is 1. The molecule has 0 N–H and O–H groups in total. The summed E-state index contributed by atoms with van der Waals surface area (Å²) >= 11 is 0. The van der Waals surface area contributed by atoms with E-state index in [-0.39, 0.29) is 35.8 Å². The summed E-state index contributed by atoms with van der Waals surface area (Å²) in [6.07, 6.45) is 4.48. The van der Waals surface area contributed by atoms with E-state index in [0.717, 1.165) is 22.9 Å². The van der Waals surface area contributed by atoms with Crippen LogP contribution in [0.2, 0.25) is 18.1 Å². The van der Waals surface area contributed by atoms with Crippen molar-refractivity contribution in [2.45, 2.75) is 77.4 Å². The first kappa shape index (κ1) is 26.1. The maximum Gasteiger partial charge on any atom is 0.410 e. The Balaban J connectivity index is 1.58. The number of likely N-dealkylation sites (tertiary alicyclic amines) is 1. The number of hydrogen-bond donors (Lipinski definition) is 0. The highest BCUT2D eigenvalue weighted by Gasteiger charge is 2.44. The Morgan fingerprint density at radius 2 is 1.83 bits per heavy atom. The fraction of sp³-hybridized carbons (Fsp3) is 0.464. The molecule has 2 atom stereocenters. The van der Waals surface area contributed by atoms with Crippen molar-refractivity contribution in [3.05, 3.63) is 66.0 Å². The Kier molecular flexibility index (Phi) is 7.38. The summed E-state index contributed by atoms with van der Waals surface area (Å²) in [6.45, 7) is 13.4. The molecule has 0 spiro atoms. The second kappa shape index (κ2) is 10.2. The van der Waals surface area contributed by atoms with Crippen molar-refractivity contribution in [3.63, 3.8) is 0 Å². The first-order valence-electron chi connectivity index (χ1n) is 12.6. The Morgan fingerprint density at radius 3 is 2.50 bits per heavy atom. The fourth-order valence-electron chi connectivity index (χ4n) is 4.55. The number of fused-ring (bicyclic) bond motifs is 1. The van der Waals surface area contributed by atoms with Crippen LogP contribution in [0, 0.1) is 0 Å². The van der Waals surface area contributed by atoms with Crippen molar-refractivity contribution in [1.82, 2.24) is 14.5 Å². The maximum absolute atomic E-state index is 13.3. The average molecular weight is 508 g/mol. The van der Waals surface area contributed by atoms with Gasteiger partial charge in [-0.3, -0.25) is 9.36 Å². The van der Waals surface area contributed by atoms with Gasteiger partial charge in [-0.05, 0) is 54.2 Å². The molecular weight excluding hydrogens is 470 g/mol. The van der Waals surface area contributed by atoms with Gasteiger partial charge in [-0.1, -0.05) is 51.1 Å². The molecule has 1 aromatic carbocycles. The van der Waals surface area contributed by atoms with Crippen molar-refractivity contribution >= 4 is 31.4 Å². The van der Waals surface area contributed by atoms with E-state index in [9.17, 15) is 9.59 Å². The van der Waals surface area contributed by atoms with Gasteiger partial charge in [-0.15, -0.1) is 0 Å². The van der Waals surface area contributed by atoms with Gasteiger partial charge >= 0.3 is 6.09 Å². The number of carbonyl (C=O) groups is 2. The molecule has 2 aromatic heterocycles. The zero-order valence-electron chi connectivity index (χ0n) is 22.2. The molecule has 0 aliphatic carbocycles. The van der Waals surface area contributed by atoms with E-state index >= 15 is 0 Å². The minimum atomic E-state index is -2.02. The normalized spacial score (nSPS) is 18.6. The lowest BCUT2D eigenvalue weighted by atomic mass is 10.0. The third kappa shape index (κ3) is 5.55. The monoisotopic (exact) mass is 507 g/mol. The van der Waals surface area contributed by atoms with Crippen molar-refractivity contribution in [1.29, 1.82) is 0 Å². The maximum atomic E-state index is 13.3. The molecule has 192 valence electrons. The Hall–Kier alpha value is -2.97. The Bertz CT molecular complexity index is 1230. The van der Waals surface area contributed by atoms with Crippen LogP contribution in [0.4, 0.5) is 4.79 Å². The lowest BCUT2D eigenvalue weighted by Crippen LogP contribution is -2.44. The molecule has 7 nitrogen and oxygen atoms in total. The van der Waals surface area contributed by atoms with E-state index < -0.39 is 8.32 Å². The number of aromatic nitrogens is 2. The molecule has 1 aliphatic rings. The van der Waals surface area contributed by atoms with E-state index in [1.165, 1.54) is 6.92 Å². The SMILES string of the molecule is CC(=O)n1cc(C[C@@H]2C[C@@H](O[Si](C)(C)C(C)(C)C)CN2C(=O)OCc2ccccc2)c2cccnc21. The molecule has 3 heterocycles. The van der Waals surface area contributed by atoms with E-state index in [1.54, 1.807) is 10.8 Å². The van der Waals surface area contributed by atoms with Crippen molar-refractivity contribution in [2.24, 2.45) is 0 Å². The number of ether oxygens (including phenoxy) is 1. The molecule has 8 heteroatoms. The smallest absolute Gasteiger partial charge is 0.410 e. The van der Waals surface area contributed by atoms with Crippen molar-refractivity contribution in [3.8, 4) is 0 Å². The first-order valence-corrected chi connectivity index (χ1v) is 15.5. The second-order valence-electron chi connectivity index (χ2n) is 11.2. The average Bonchev–Trinajstić information content (AvgIpc) is 3.39. The molecular formula is C28H37N3O4Si. The van der Waals surface area contributed by atoms with E-state index in [2.05, 4.69) is 38.8 Å². The Morgan fingerprint density at radius 1 is 1.11 bits per heavy atom. The highest BCUT2D eigenvalue weighted by molar-refractivity contribution is 6.74. The van der Waals surface area contributed by atoms with Crippen LogP contribution in [-0.4, -0.2) is 53.5 Å². The number of hydrogen-bond acceptors (Lipinski definition) is 5. The van der Waals surface area contributed by atoms with Crippen LogP contribution in [0.5, 0.6) is 0 Å². The summed E-state index contributed by atoms with van der Waals surface area (Å²) in [5.74, 6) is -0.0883. The minimum absolute atomic E-state index is 0.0561. The van der Waals surface area contributed by atoms with Crippen LogP contribution < -0.4 is 0 Å². The van der Waals surface area contributed by atoms with Crippen LogP contribution in [0.15, 0.2) is 54.9 Å². The van der Waals surface area contributed by atoms with Gasteiger partial charge in [0.25, 0.3) is 0 Å². The highest BCUT2D eigenvalue weighted by atomic mass is 28.4. The number of nitrogens with zero attached hydrogens (tertiary/aromatic N) is 3. The number of pyridine rings is 1. The topological polar surface area (TPSA) is 73.7 Å². The summed E-state index contributed by atoms with van der Waals surface area (Å²) in [7, 11) is -2.02. The zero-order chi connectivity index (χ0) is 26.1. The lowest BCUT2D eigenvalue weighted by molar-refractivity contribution is 0.0880. The summed E-state index contributed by atoms with van der Waals surface area (Å²) in [5.41, 5.74) is 2.59. The fourth-order valence-corrected chi connectivity index (χ4v) is 5.91. The van der Waals surface area contributed by atoms with E-state index in [0.29, 0.717) is 18.6 Å². The van der Waals surface area contributed by atoms with Gasteiger partial charge < -0.3 is 14.1 Å². The molecule has 3 aromatic rings. The largest absolute Gasteiger partial charge is 0.445 e. The molecule has 1 fully saturated rings. The predicted molar refractivity (Wildman–Crippen MR) is 144 cm³/mol. The molecule has 4 rings (SSSR count). The van der Waals surface area contributed by atoms with Gasteiger partial charge in [0, 0.05) is 37.3 Å². The van der Waals surface area contributed by atoms with Crippen LogP contribution in [-0.2, 0) is 22.2 Å². The van der Waals surface area contributed by atoms with Gasteiger partial charge in [-0.2, -0.15) is 0 Å². The lowest BCUT2D eigenvalue weighted by Gasteiger charge is -2.38. The number of rotatable bonds is 6. The molecule has 0 bridgehead atoms. The molecule has 0 saturated carbocycles. The molecule has 1 aliphatic heterocycles. The predicted octanol–water partition coefficient (Wildman–Crippen LogP) is 6.04. The summed E-state index contributed by atoms with van der Waals surface area (Å²) in [4.78, 5) is 31.8. The van der Waals surface area contributed by atoms with Gasteiger partial charge in [-0.25, -0.2) is 9.78 Å². The first-order chi connectivity index (χ1) is 17.0. The van der Waals surface area contributed by atoms with E-state index in [4.69, 9.17) is 9.16 Å². The molecule has 0 radical (unpaired) electrons. The molecule has 36 heavy (non-hydrogen) atoms. The van der Waals surface area contributed by atoms with Crippen LogP contribution in [0.25, 0.3) is 11.0 Å². The summed E-state index contributed by atoms with van der Waals surface area (Å²) in [6, 6.07) is 13.5. The third-order valence-electron chi connectivity index (χ3n) is 7.52. The molecule has 0 unspecified atom stereocenters. The number of carbonyl (C=O) groups excluding carboxylic acids is 2.